The molecular weight excluding hydrogens is 327 g/mol. The summed E-state index contributed by atoms with van der Waals surface area (Å²) in [7, 11) is 1.26. The van der Waals surface area contributed by atoms with Gasteiger partial charge in [0.15, 0.2) is 0 Å². The molecule has 1 aromatic carbocycles. The number of alkyl halides is 3. The van der Waals surface area contributed by atoms with Crippen molar-refractivity contribution in [3.05, 3.63) is 28.2 Å². The van der Waals surface area contributed by atoms with Crippen LogP contribution < -0.4 is 4.90 Å². The Morgan fingerprint density at radius 3 is 2.47 bits per heavy atom. The number of likely N-dealkylation sites (N-methyl/N-ethyl adjacent to an activating group) is 1. The first-order valence-electron chi connectivity index (χ1n) is 5.48. The molecule has 0 spiro atoms. The number of nitrogens with zero attached hydrogens (tertiary/aromatic N) is 1. The highest BCUT2D eigenvalue weighted by Crippen LogP contribution is 2.35. The van der Waals surface area contributed by atoms with E-state index in [0.717, 1.165) is 12.1 Å². The van der Waals surface area contributed by atoms with Crippen LogP contribution in [-0.2, 0) is 15.7 Å². The Hall–Kier alpha value is -1.24. The molecule has 0 atom stereocenters. The monoisotopic (exact) mass is 339 g/mol. The second-order valence-corrected chi connectivity index (χ2v) is 4.61. The molecule has 1 aromatic rings. The van der Waals surface area contributed by atoms with E-state index in [1.807, 2.05) is 0 Å². The highest BCUT2D eigenvalue weighted by Gasteiger charge is 2.31. The van der Waals surface area contributed by atoms with Crippen molar-refractivity contribution in [1.82, 2.24) is 0 Å². The Morgan fingerprint density at radius 2 is 2.05 bits per heavy atom. The Balaban J connectivity index is 3.03. The zero-order valence-corrected chi connectivity index (χ0v) is 12.0. The number of carbonyl (C=O) groups excluding carboxylic acids is 1. The summed E-state index contributed by atoms with van der Waals surface area (Å²) in [4.78, 5) is 12.9. The van der Waals surface area contributed by atoms with Crippen LogP contribution in [0.1, 0.15) is 12.5 Å². The molecule has 0 aliphatic rings. The predicted octanol–water partition coefficient (Wildman–Crippen LogP) is 3.47. The van der Waals surface area contributed by atoms with Crippen molar-refractivity contribution in [3.63, 3.8) is 0 Å². The molecule has 3 nitrogen and oxygen atoms in total. The fraction of sp³-hybridized carbons (Fsp3) is 0.417. The lowest BCUT2D eigenvalue weighted by molar-refractivity contribution is -0.139. The molecule has 0 saturated carbocycles. The largest absolute Gasteiger partial charge is 0.468 e. The minimum absolute atomic E-state index is 0.0169. The summed E-state index contributed by atoms with van der Waals surface area (Å²) in [5.74, 6) is -0.450. The van der Waals surface area contributed by atoms with Gasteiger partial charge in [0.2, 0.25) is 0 Å². The molecule has 0 aliphatic heterocycles. The third kappa shape index (κ3) is 4.12. The Morgan fingerprint density at radius 1 is 1.42 bits per heavy atom. The van der Waals surface area contributed by atoms with Crippen LogP contribution in [0.25, 0.3) is 0 Å². The molecule has 0 fully saturated rings. The van der Waals surface area contributed by atoms with E-state index >= 15 is 0 Å². The molecule has 7 heteroatoms. The van der Waals surface area contributed by atoms with E-state index in [4.69, 9.17) is 0 Å². The average Bonchev–Trinajstić information content (AvgIpc) is 2.34. The number of anilines is 1. The first-order valence-corrected chi connectivity index (χ1v) is 6.27. The normalized spacial score (nSPS) is 11.3. The van der Waals surface area contributed by atoms with Gasteiger partial charge in [-0.05, 0) is 41.1 Å². The second-order valence-electron chi connectivity index (χ2n) is 3.75. The van der Waals surface area contributed by atoms with Crippen molar-refractivity contribution in [2.75, 3.05) is 25.1 Å². The number of carbonyl (C=O) groups is 1. The van der Waals surface area contributed by atoms with Gasteiger partial charge in [-0.15, -0.1) is 0 Å². The molecule has 0 aromatic heterocycles. The van der Waals surface area contributed by atoms with Crippen LogP contribution in [0.15, 0.2) is 22.7 Å². The van der Waals surface area contributed by atoms with Gasteiger partial charge in [0.1, 0.15) is 6.54 Å². The molecule has 1 rings (SSSR count). The third-order valence-corrected chi connectivity index (χ3v) is 3.18. The van der Waals surface area contributed by atoms with Gasteiger partial charge in [-0.2, -0.15) is 13.2 Å². The maximum absolute atomic E-state index is 12.5. The van der Waals surface area contributed by atoms with E-state index in [1.165, 1.54) is 13.2 Å². The summed E-state index contributed by atoms with van der Waals surface area (Å²) in [6.07, 6.45) is -4.39. The maximum atomic E-state index is 12.5. The summed E-state index contributed by atoms with van der Waals surface area (Å²) in [5.41, 5.74) is -0.224. The van der Waals surface area contributed by atoms with E-state index in [1.54, 1.807) is 11.8 Å². The number of ether oxygens (including phenoxy) is 1. The van der Waals surface area contributed by atoms with Gasteiger partial charge in [0.25, 0.3) is 0 Å². The van der Waals surface area contributed by atoms with Crippen molar-refractivity contribution in [2.24, 2.45) is 0 Å². The van der Waals surface area contributed by atoms with Crippen molar-refractivity contribution in [3.8, 4) is 0 Å². The Bertz CT molecular complexity index is 463. The molecule has 0 unspecified atom stereocenters. The van der Waals surface area contributed by atoms with Gasteiger partial charge in [0.05, 0.1) is 18.4 Å². The molecule has 0 radical (unpaired) electrons. The third-order valence-electron chi connectivity index (χ3n) is 2.55. The molecule has 0 bridgehead atoms. The smallest absolute Gasteiger partial charge is 0.416 e. The van der Waals surface area contributed by atoms with Gasteiger partial charge >= 0.3 is 12.1 Å². The van der Waals surface area contributed by atoms with Gasteiger partial charge in [-0.25, -0.2) is 0 Å². The van der Waals surface area contributed by atoms with E-state index in [2.05, 4.69) is 20.7 Å². The van der Waals surface area contributed by atoms with Gasteiger partial charge in [-0.3, -0.25) is 4.79 Å². The van der Waals surface area contributed by atoms with Crippen molar-refractivity contribution in [1.29, 1.82) is 0 Å². The fourth-order valence-corrected chi connectivity index (χ4v) is 2.16. The minimum atomic E-state index is -4.39. The average molecular weight is 340 g/mol. The topological polar surface area (TPSA) is 29.5 Å². The predicted molar refractivity (Wildman–Crippen MR) is 69.0 cm³/mol. The first kappa shape index (κ1) is 15.8. The van der Waals surface area contributed by atoms with Crippen LogP contribution in [0.2, 0.25) is 0 Å². The van der Waals surface area contributed by atoms with E-state index in [0.29, 0.717) is 12.2 Å². The molecule has 0 heterocycles. The second kappa shape index (κ2) is 6.27. The molecule has 106 valence electrons. The van der Waals surface area contributed by atoms with Crippen LogP contribution >= 0.6 is 15.9 Å². The van der Waals surface area contributed by atoms with Crippen LogP contribution in [0.3, 0.4) is 0 Å². The van der Waals surface area contributed by atoms with Crippen LogP contribution in [0.4, 0.5) is 18.9 Å². The zero-order chi connectivity index (χ0) is 14.6. The van der Waals surface area contributed by atoms with Crippen LogP contribution in [-0.4, -0.2) is 26.2 Å². The van der Waals surface area contributed by atoms with Crippen LogP contribution in [0, 0.1) is 0 Å². The number of hydrogen-bond donors (Lipinski definition) is 0. The molecule has 19 heavy (non-hydrogen) atoms. The van der Waals surface area contributed by atoms with Gasteiger partial charge in [-0.1, -0.05) is 0 Å². The number of benzene rings is 1. The lowest BCUT2D eigenvalue weighted by Crippen LogP contribution is -2.30. The quantitative estimate of drug-likeness (QED) is 0.786. The zero-order valence-electron chi connectivity index (χ0n) is 10.4. The summed E-state index contributed by atoms with van der Waals surface area (Å²) >= 11 is 3.10. The highest BCUT2D eigenvalue weighted by molar-refractivity contribution is 9.10. The summed E-state index contributed by atoms with van der Waals surface area (Å²) < 4.78 is 42.4. The number of methoxy groups -OCH3 is 1. The number of rotatable bonds is 4. The maximum Gasteiger partial charge on any atom is 0.416 e. The van der Waals surface area contributed by atoms with E-state index < -0.39 is 17.7 Å². The summed E-state index contributed by atoms with van der Waals surface area (Å²) in [6.45, 7) is 2.25. The SMILES string of the molecule is CCN(CC(=O)OC)c1ccc(C(F)(F)F)cc1Br. The molecule has 0 N–H and O–H groups in total. The minimum Gasteiger partial charge on any atom is -0.468 e. The molecular formula is C12H13BrF3NO2. The summed E-state index contributed by atoms with van der Waals surface area (Å²) in [6, 6.07) is 3.31. The van der Waals surface area contributed by atoms with Gasteiger partial charge < -0.3 is 9.64 Å². The molecule has 0 amide bonds. The number of halogens is 4. The standard InChI is InChI=1S/C12H13BrF3NO2/c1-3-17(7-11(18)19-2)10-5-4-8(6-9(10)13)12(14,15)16/h4-6H,3,7H2,1-2H3. The van der Waals surface area contributed by atoms with Crippen molar-refractivity contribution < 1.29 is 22.7 Å². The van der Waals surface area contributed by atoms with Crippen molar-refractivity contribution in [2.45, 2.75) is 13.1 Å². The van der Waals surface area contributed by atoms with Crippen LogP contribution in [0.5, 0.6) is 0 Å². The van der Waals surface area contributed by atoms with E-state index in [-0.39, 0.29) is 11.0 Å². The fourth-order valence-electron chi connectivity index (χ4n) is 1.53. The number of hydrogen-bond acceptors (Lipinski definition) is 3. The Labute approximate surface area is 117 Å². The van der Waals surface area contributed by atoms with E-state index in [9.17, 15) is 18.0 Å². The number of esters is 1. The highest BCUT2D eigenvalue weighted by atomic mass is 79.9. The first-order chi connectivity index (χ1) is 8.79. The van der Waals surface area contributed by atoms with Gasteiger partial charge in [0, 0.05) is 11.0 Å². The lowest BCUT2D eigenvalue weighted by atomic mass is 10.2. The van der Waals surface area contributed by atoms with Crippen molar-refractivity contribution >= 4 is 27.6 Å². The lowest BCUT2D eigenvalue weighted by Gasteiger charge is -2.23. The Kier molecular flexibility index (Phi) is 5.22. The molecule has 0 saturated heterocycles. The summed E-state index contributed by atoms with van der Waals surface area (Å²) in [5, 5.41) is 0. The molecule has 0 aliphatic carbocycles.